The largest absolute Gasteiger partial charge is 0.322 e. The van der Waals surface area contributed by atoms with Crippen molar-refractivity contribution in [3.63, 3.8) is 0 Å². The highest BCUT2D eigenvalue weighted by molar-refractivity contribution is 7.98. The predicted octanol–water partition coefficient (Wildman–Crippen LogP) is 1.94. The number of imide groups is 1. The molecule has 1 aliphatic rings. The summed E-state index contributed by atoms with van der Waals surface area (Å²) in [6, 6.07) is 4.17. The van der Waals surface area contributed by atoms with Crippen molar-refractivity contribution in [3.8, 4) is 0 Å². The molecule has 1 heterocycles. The van der Waals surface area contributed by atoms with Crippen molar-refractivity contribution in [1.82, 2.24) is 10.6 Å². The summed E-state index contributed by atoms with van der Waals surface area (Å²) in [6.45, 7) is 0. The molecule has 1 fully saturated rings. The Kier molecular flexibility index (Phi) is 3.07. The van der Waals surface area contributed by atoms with Crippen LogP contribution in [0.2, 0.25) is 5.02 Å². The van der Waals surface area contributed by atoms with Crippen molar-refractivity contribution >= 4 is 35.3 Å². The van der Waals surface area contributed by atoms with Crippen LogP contribution in [0.15, 0.2) is 23.1 Å². The van der Waals surface area contributed by atoms with Gasteiger partial charge in [0.15, 0.2) is 0 Å². The van der Waals surface area contributed by atoms with Gasteiger partial charge in [0.1, 0.15) is 6.04 Å². The van der Waals surface area contributed by atoms with Crippen LogP contribution in [-0.2, 0) is 4.79 Å². The summed E-state index contributed by atoms with van der Waals surface area (Å²) in [7, 11) is 0. The normalized spacial score (nSPS) is 19.5. The van der Waals surface area contributed by atoms with Crippen molar-refractivity contribution in [2.45, 2.75) is 10.9 Å². The first-order chi connectivity index (χ1) is 7.61. The second kappa shape index (κ2) is 4.35. The summed E-state index contributed by atoms with van der Waals surface area (Å²) in [5.41, 5.74) is 0.725. The number of halogens is 1. The molecule has 0 radical (unpaired) electrons. The Morgan fingerprint density at radius 2 is 2.12 bits per heavy atom. The minimum Gasteiger partial charge on any atom is -0.322 e. The average molecular weight is 257 g/mol. The van der Waals surface area contributed by atoms with Crippen molar-refractivity contribution in [3.05, 3.63) is 28.8 Å². The van der Waals surface area contributed by atoms with E-state index >= 15 is 0 Å². The van der Waals surface area contributed by atoms with Crippen LogP contribution in [0, 0.1) is 0 Å². The van der Waals surface area contributed by atoms with Gasteiger partial charge in [-0.05, 0) is 30.0 Å². The molecule has 1 aromatic carbocycles. The topological polar surface area (TPSA) is 58.2 Å². The highest BCUT2D eigenvalue weighted by Gasteiger charge is 2.32. The molecule has 0 aromatic heterocycles. The van der Waals surface area contributed by atoms with Crippen molar-refractivity contribution in [1.29, 1.82) is 0 Å². The molecule has 0 saturated carbocycles. The van der Waals surface area contributed by atoms with Crippen LogP contribution in [0.4, 0.5) is 4.79 Å². The maximum absolute atomic E-state index is 11.5. The smallest absolute Gasteiger partial charge is 0.322 e. The Labute approximate surface area is 102 Å². The van der Waals surface area contributed by atoms with Crippen molar-refractivity contribution < 1.29 is 9.59 Å². The monoisotopic (exact) mass is 256 g/mol. The second-order valence-corrected chi connectivity index (χ2v) is 4.57. The third-order valence-corrected chi connectivity index (χ3v) is 3.32. The lowest BCUT2D eigenvalue weighted by atomic mass is 10.1. The molecule has 2 N–H and O–H groups in total. The number of nitrogens with one attached hydrogen (secondary N) is 2. The maximum Gasteiger partial charge on any atom is 0.322 e. The molecule has 1 aromatic rings. The fraction of sp³-hybridized carbons (Fsp3) is 0.200. The lowest BCUT2D eigenvalue weighted by Crippen LogP contribution is -2.22. The Morgan fingerprint density at radius 3 is 2.69 bits per heavy atom. The molecule has 0 spiro atoms. The first-order valence-corrected chi connectivity index (χ1v) is 6.17. The number of benzene rings is 1. The van der Waals surface area contributed by atoms with E-state index < -0.39 is 12.1 Å². The van der Waals surface area contributed by atoms with E-state index in [4.69, 9.17) is 11.6 Å². The van der Waals surface area contributed by atoms with Crippen LogP contribution in [0.1, 0.15) is 11.6 Å². The molecule has 1 saturated heterocycles. The Bertz CT molecular complexity index is 464. The van der Waals surface area contributed by atoms with E-state index in [1.165, 1.54) is 11.8 Å². The molecule has 3 amide bonds. The summed E-state index contributed by atoms with van der Waals surface area (Å²) in [5, 5.41) is 5.29. The fourth-order valence-electron chi connectivity index (χ4n) is 1.57. The zero-order chi connectivity index (χ0) is 11.7. The van der Waals surface area contributed by atoms with Crippen molar-refractivity contribution in [2.75, 3.05) is 6.26 Å². The van der Waals surface area contributed by atoms with E-state index in [9.17, 15) is 9.59 Å². The first kappa shape index (κ1) is 11.3. The molecule has 1 unspecified atom stereocenters. The van der Waals surface area contributed by atoms with Gasteiger partial charge in [-0.3, -0.25) is 10.1 Å². The molecular formula is C10H9ClN2O2S. The van der Waals surface area contributed by atoms with Crippen LogP contribution in [0.3, 0.4) is 0 Å². The van der Waals surface area contributed by atoms with Crippen LogP contribution < -0.4 is 10.6 Å². The summed E-state index contributed by atoms with van der Waals surface area (Å²) >= 11 is 7.39. The standard InChI is InChI=1S/C10H9ClN2O2S/c1-16-7-3-2-5(11)4-6(7)8-9(14)13-10(15)12-8/h2-4,8H,1H3,(H2,12,13,14,15). The van der Waals surface area contributed by atoms with Gasteiger partial charge in [-0.1, -0.05) is 11.6 Å². The molecule has 16 heavy (non-hydrogen) atoms. The molecule has 0 bridgehead atoms. The van der Waals surface area contributed by atoms with Crippen LogP contribution in [0.25, 0.3) is 0 Å². The SMILES string of the molecule is CSc1ccc(Cl)cc1C1NC(=O)NC1=O. The number of carbonyl (C=O) groups is 2. The van der Waals surface area contributed by atoms with Gasteiger partial charge in [0.25, 0.3) is 5.91 Å². The summed E-state index contributed by atoms with van der Waals surface area (Å²) < 4.78 is 0. The Hall–Kier alpha value is -1.20. The summed E-state index contributed by atoms with van der Waals surface area (Å²) in [4.78, 5) is 23.5. The van der Waals surface area contributed by atoms with E-state index in [2.05, 4.69) is 10.6 Å². The average Bonchev–Trinajstić information content (AvgIpc) is 2.57. The Morgan fingerprint density at radius 1 is 1.38 bits per heavy atom. The number of carbonyl (C=O) groups excluding carboxylic acids is 2. The number of urea groups is 1. The Balaban J connectivity index is 2.42. The van der Waals surface area contributed by atoms with Crippen LogP contribution in [-0.4, -0.2) is 18.2 Å². The van der Waals surface area contributed by atoms with Crippen molar-refractivity contribution in [2.24, 2.45) is 0 Å². The zero-order valence-corrected chi connectivity index (χ0v) is 9.98. The molecular weight excluding hydrogens is 248 g/mol. The quantitative estimate of drug-likeness (QED) is 0.628. The summed E-state index contributed by atoms with van der Waals surface area (Å²) in [6.07, 6.45) is 1.90. The first-order valence-electron chi connectivity index (χ1n) is 4.56. The van der Waals surface area contributed by atoms with Gasteiger partial charge in [0.05, 0.1) is 0 Å². The van der Waals surface area contributed by atoms with Gasteiger partial charge in [-0.25, -0.2) is 4.79 Å². The number of hydrogen-bond donors (Lipinski definition) is 2. The number of hydrogen-bond acceptors (Lipinski definition) is 3. The van der Waals surface area contributed by atoms with E-state index in [0.717, 1.165) is 10.5 Å². The summed E-state index contributed by atoms with van der Waals surface area (Å²) in [5.74, 6) is -0.345. The molecule has 1 atom stereocenters. The molecule has 0 aliphatic carbocycles. The van der Waals surface area contributed by atoms with Gasteiger partial charge in [0.2, 0.25) is 0 Å². The van der Waals surface area contributed by atoms with Gasteiger partial charge < -0.3 is 5.32 Å². The lowest BCUT2D eigenvalue weighted by Gasteiger charge is -2.12. The number of rotatable bonds is 2. The third kappa shape index (κ3) is 2.01. The lowest BCUT2D eigenvalue weighted by molar-refractivity contribution is -0.120. The molecule has 6 heteroatoms. The molecule has 1 aliphatic heterocycles. The van der Waals surface area contributed by atoms with Gasteiger partial charge in [-0.2, -0.15) is 0 Å². The van der Waals surface area contributed by atoms with E-state index in [-0.39, 0.29) is 5.91 Å². The third-order valence-electron chi connectivity index (χ3n) is 2.28. The highest BCUT2D eigenvalue weighted by atomic mass is 35.5. The molecule has 84 valence electrons. The fourth-order valence-corrected chi connectivity index (χ4v) is 2.36. The molecule has 4 nitrogen and oxygen atoms in total. The van der Waals surface area contributed by atoms with E-state index in [0.29, 0.717) is 5.02 Å². The van der Waals surface area contributed by atoms with Gasteiger partial charge in [-0.15, -0.1) is 11.8 Å². The maximum atomic E-state index is 11.5. The van der Waals surface area contributed by atoms with Crippen LogP contribution >= 0.6 is 23.4 Å². The highest BCUT2D eigenvalue weighted by Crippen LogP contribution is 2.30. The minimum atomic E-state index is -0.645. The van der Waals surface area contributed by atoms with E-state index in [1.807, 2.05) is 12.3 Å². The minimum absolute atomic E-state index is 0.345. The number of amides is 3. The number of thioether (sulfide) groups is 1. The zero-order valence-electron chi connectivity index (χ0n) is 8.41. The second-order valence-electron chi connectivity index (χ2n) is 3.28. The van der Waals surface area contributed by atoms with Gasteiger partial charge in [0, 0.05) is 9.92 Å². The van der Waals surface area contributed by atoms with Crippen LogP contribution in [0.5, 0.6) is 0 Å². The molecule has 2 rings (SSSR count). The van der Waals surface area contributed by atoms with E-state index in [1.54, 1.807) is 12.1 Å². The van der Waals surface area contributed by atoms with Gasteiger partial charge >= 0.3 is 6.03 Å². The predicted molar refractivity (Wildman–Crippen MR) is 62.6 cm³/mol.